The van der Waals surface area contributed by atoms with Crippen LogP contribution < -0.4 is 10.5 Å². The minimum atomic E-state index is -0.315. The molecule has 0 aliphatic carbocycles. The number of rotatable bonds is 2. The van der Waals surface area contributed by atoms with Gasteiger partial charge in [0, 0.05) is 25.1 Å². The molecule has 0 aromatic heterocycles. The Morgan fingerprint density at radius 1 is 1.35 bits per heavy atom. The largest absolute Gasteiger partial charge is 0.493 e. The summed E-state index contributed by atoms with van der Waals surface area (Å²) in [6.45, 7) is 1.80. The lowest BCUT2D eigenvalue weighted by molar-refractivity contribution is -0.123. The molecule has 1 fully saturated rings. The Bertz CT molecular complexity index is 556. The number of likely N-dealkylation sites (tertiary alicyclic amines) is 1. The summed E-state index contributed by atoms with van der Waals surface area (Å²) in [7, 11) is 0. The van der Waals surface area contributed by atoms with Crippen LogP contribution in [0, 0.1) is 5.92 Å². The second-order valence-corrected chi connectivity index (χ2v) is 5.41. The van der Waals surface area contributed by atoms with Crippen molar-refractivity contribution in [3.8, 4) is 5.75 Å². The van der Waals surface area contributed by atoms with E-state index in [2.05, 4.69) is 0 Å². The molecular formula is C15H18N2O3. The minimum absolute atomic E-state index is 0.0225. The van der Waals surface area contributed by atoms with Crippen molar-refractivity contribution >= 4 is 11.8 Å². The molecule has 2 amide bonds. The van der Waals surface area contributed by atoms with Crippen LogP contribution in [0.3, 0.4) is 0 Å². The van der Waals surface area contributed by atoms with E-state index < -0.39 is 0 Å². The van der Waals surface area contributed by atoms with Crippen molar-refractivity contribution in [3.05, 3.63) is 29.3 Å². The molecule has 1 aromatic rings. The Balaban J connectivity index is 1.76. The van der Waals surface area contributed by atoms with Gasteiger partial charge in [0.2, 0.25) is 5.91 Å². The van der Waals surface area contributed by atoms with Gasteiger partial charge in [-0.2, -0.15) is 0 Å². The van der Waals surface area contributed by atoms with Gasteiger partial charge in [0.1, 0.15) is 5.75 Å². The molecule has 5 heteroatoms. The van der Waals surface area contributed by atoms with E-state index in [4.69, 9.17) is 10.5 Å². The number of primary amides is 1. The van der Waals surface area contributed by atoms with E-state index in [9.17, 15) is 9.59 Å². The molecule has 1 atom stereocenters. The molecule has 2 aliphatic rings. The second-order valence-electron chi connectivity index (χ2n) is 5.41. The number of ether oxygens (including phenoxy) is 1. The average Bonchev–Trinajstić information content (AvgIpc) is 2.94. The quantitative estimate of drug-likeness (QED) is 0.873. The summed E-state index contributed by atoms with van der Waals surface area (Å²) < 4.78 is 5.44. The maximum Gasteiger partial charge on any atom is 0.253 e. The van der Waals surface area contributed by atoms with Gasteiger partial charge >= 0.3 is 0 Å². The van der Waals surface area contributed by atoms with E-state index >= 15 is 0 Å². The second kappa shape index (κ2) is 5.15. The van der Waals surface area contributed by atoms with Crippen LogP contribution in [0.15, 0.2) is 18.2 Å². The van der Waals surface area contributed by atoms with Crippen molar-refractivity contribution in [2.45, 2.75) is 19.3 Å². The van der Waals surface area contributed by atoms with Crippen molar-refractivity contribution < 1.29 is 14.3 Å². The van der Waals surface area contributed by atoms with Crippen LogP contribution in [0.2, 0.25) is 0 Å². The summed E-state index contributed by atoms with van der Waals surface area (Å²) in [5, 5.41) is 0. The maximum atomic E-state index is 12.5. The number of nitrogens with zero attached hydrogens (tertiary/aromatic N) is 1. The van der Waals surface area contributed by atoms with E-state index in [0.29, 0.717) is 25.3 Å². The van der Waals surface area contributed by atoms with Crippen LogP contribution in [-0.4, -0.2) is 36.4 Å². The van der Waals surface area contributed by atoms with Crippen molar-refractivity contribution in [2.24, 2.45) is 11.7 Å². The molecule has 2 aliphatic heterocycles. The molecule has 2 N–H and O–H groups in total. The standard InChI is InChI=1S/C15H18N2O3/c16-14(18)12-2-1-6-17(9-12)15(19)11-3-4-13-10(8-11)5-7-20-13/h3-4,8,12H,1-2,5-7,9H2,(H2,16,18)/t12-/m0/s1. The lowest BCUT2D eigenvalue weighted by atomic mass is 9.96. The van der Waals surface area contributed by atoms with E-state index in [-0.39, 0.29) is 17.7 Å². The summed E-state index contributed by atoms with van der Waals surface area (Å²) in [5.41, 5.74) is 7.10. The van der Waals surface area contributed by atoms with Gasteiger partial charge in [-0.05, 0) is 36.6 Å². The maximum absolute atomic E-state index is 12.5. The SMILES string of the molecule is NC(=O)[C@H]1CCCN(C(=O)c2ccc3c(c2)CCO3)C1. The first kappa shape index (κ1) is 13.0. The van der Waals surface area contributed by atoms with Crippen LogP contribution in [0.4, 0.5) is 0 Å². The highest BCUT2D eigenvalue weighted by Crippen LogP contribution is 2.27. The Kier molecular flexibility index (Phi) is 3.34. The van der Waals surface area contributed by atoms with Gasteiger partial charge in [0.05, 0.1) is 12.5 Å². The number of nitrogens with two attached hydrogens (primary N) is 1. The summed E-state index contributed by atoms with van der Waals surface area (Å²) in [6, 6.07) is 5.55. The van der Waals surface area contributed by atoms with Gasteiger partial charge in [-0.25, -0.2) is 0 Å². The van der Waals surface area contributed by atoms with Gasteiger partial charge < -0.3 is 15.4 Å². The summed E-state index contributed by atoms with van der Waals surface area (Å²) >= 11 is 0. The lowest BCUT2D eigenvalue weighted by Crippen LogP contribution is -2.44. The third kappa shape index (κ3) is 2.35. The Labute approximate surface area is 117 Å². The van der Waals surface area contributed by atoms with E-state index in [0.717, 1.165) is 30.6 Å². The van der Waals surface area contributed by atoms with Gasteiger partial charge in [0.25, 0.3) is 5.91 Å². The fourth-order valence-electron chi connectivity index (χ4n) is 2.90. The zero-order valence-corrected chi connectivity index (χ0v) is 11.3. The fourth-order valence-corrected chi connectivity index (χ4v) is 2.90. The van der Waals surface area contributed by atoms with Gasteiger partial charge in [-0.1, -0.05) is 0 Å². The number of amides is 2. The molecule has 0 spiro atoms. The molecule has 2 heterocycles. The number of piperidine rings is 1. The number of hydrogen-bond donors (Lipinski definition) is 1. The first-order valence-corrected chi connectivity index (χ1v) is 6.99. The number of carbonyl (C=O) groups excluding carboxylic acids is 2. The van der Waals surface area contributed by atoms with Crippen molar-refractivity contribution in [1.82, 2.24) is 4.90 Å². The summed E-state index contributed by atoms with van der Waals surface area (Å²) in [6.07, 6.45) is 2.45. The number of carbonyl (C=O) groups is 2. The molecule has 5 nitrogen and oxygen atoms in total. The number of fused-ring (bicyclic) bond motifs is 1. The minimum Gasteiger partial charge on any atom is -0.493 e. The summed E-state index contributed by atoms with van der Waals surface area (Å²) in [5.74, 6) is 0.316. The molecular weight excluding hydrogens is 256 g/mol. The van der Waals surface area contributed by atoms with Crippen LogP contribution in [0.5, 0.6) is 5.75 Å². The molecule has 0 saturated carbocycles. The smallest absolute Gasteiger partial charge is 0.253 e. The Hall–Kier alpha value is -2.04. The predicted molar refractivity (Wildman–Crippen MR) is 73.5 cm³/mol. The van der Waals surface area contributed by atoms with E-state index in [1.54, 1.807) is 11.0 Å². The first-order chi connectivity index (χ1) is 9.65. The molecule has 3 rings (SSSR count). The highest BCUT2D eigenvalue weighted by atomic mass is 16.5. The fraction of sp³-hybridized carbons (Fsp3) is 0.467. The predicted octanol–water partition coefficient (Wildman–Crippen LogP) is 0.959. The highest BCUT2D eigenvalue weighted by Gasteiger charge is 2.28. The van der Waals surface area contributed by atoms with Gasteiger partial charge in [0.15, 0.2) is 0 Å². The number of hydrogen-bond acceptors (Lipinski definition) is 3. The Morgan fingerprint density at radius 3 is 3.00 bits per heavy atom. The average molecular weight is 274 g/mol. The molecule has 0 bridgehead atoms. The van der Waals surface area contributed by atoms with Crippen LogP contribution in [0.1, 0.15) is 28.8 Å². The first-order valence-electron chi connectivity index (χ1n) is 6.99. The van der Waals surface area contributed by atoms with Crippen molar-refractivity contribution in [1.29, 1.82) is 0 Å². The molecule has 0 radical (unpaired) electrons. The molecule has 1 saturated heterocycles. The van der Waals surface area contributed by atoms with Crippen molar-refractivity contribution in [3.63, 3.8) is 0 Å². The normalized spacial score (nSPS) is 21.2. The van der Waals surface area contributed by atoms with E-state index in [1.807, 2.05) is 12.1 Å². The number of benzene rings is 1. The van der Waals surface area contributed by atoms with Gasteiger partial charge in [-0.15, -0.1) is 0 Å². The van der Waals surface area contributed by atoms with Gasteiger partial charge in [-0.3, -0.25) is 9.59 Å². The third-order valence-electron chi connectivity index (χ3n) is 4.05. The monoisotopic (exact) mass is 274 g/mol. The molecule has 0 unspecified atom stereocenters. The van der Waals surface area contributed by atoms with Crippen LogP contribution >= 0.6 is 0 Å². The molecule has 106 valence electrons. The zero-order valence-electron chi connectivity index (χ0n) is 11.3. The summed E-state index contributed by atoms with van der Waals surface area (Å²) in [4.78, 5) is 25.5. The van der Waals surface area contributed by atoms with Crippen LogP contribution in [-0.2, 0) is 11.2 Å². The topological polar surface area (TPSA) is 72.6 Å². The van der Waals surface area contributed by atoms with Crippen LogP contribution in [0.25, 0.3) is 0 Å². The zero-order chi connectivity index (χ0) is 14.1. The molecule has 20 heavy (non-hydrogen) atoms. The Morgan fingerprint density at radius 2 is 2.20 bits per heavy atom. The van der Waals surface area contributed by atoms with Crippen molar-refractivity contribution in [2.75, 3.05) is 19.7 Å². The lowest BCUT2D eigenvalue weighted by Gasteiger charge is -2.31. The van der Waals surface area contributed by atoms with E-state index in [1.165, 1.54) is 0 Å². The molecule has 1 aromatic carbocycles. The third-order valence-corrected chi connectivity index (χ3v) is 4.05. The highest BCUT2D eigenvalue weighted by molar-refractivity contribution is 5.95.